The van der Waals surface area contributed by atoms with Gasteiger partial charge in [0.15, 0.2) is 0 Å². The minimum atomic E-state index is 0.251. The summed E-state index contributed by atoms with van der Waals surface area (Å²) in [5.41, 5.74) is 5.69. The first-order valence-corrected chi connectivity index (χ1v) is 9.94. The summed E-state index contributed by atoms with van der Waals surface area (Å²) in [6, 6.07) is 15.6. The quantitative estimate of drug-likeness (QED) is 0.578. The molecular formula is C23H23N5O. The van der Waals surface area contributed by atoms with Crippen LogP contribution < -0.4 is 0 Å². The molecule has 0 bridgehead atoms. The first-order chi connectivity index (χ1) is 14.1. The lowest BCUT2D eigenvalue weighted by Crippen LogP contribution is -2.44. The van der Waals surface area contributed by atoms with Crippen molar-refractivity contribution in [3.8, 4) is 28.1 Å². The van der Waals surface area contributed by atoms with Gasteiger partial charge >= 0.3 is 0 Å². The van der Waals surface area contributed by atoms with Crippen molar-refractivity contribution in [2.45, 2.75) is 12.8 Å². The smallest absolute Gasteiger partial charge is 0.116 e. The summed E-state index contributed by atoms with van der Waals surface area (Å²) in [4.78, 5) is 2.40. The number of likely N-dealkylation sites (N-methyl/N-ethyl adjacent to an activating group) is 1. The van der Waals surface area contributed by atoms with Gasteiger partial charge in [-0.05, 0) is 54.1 Å². The van der Waals surface area contributed by atoms with Gasteiger partial charge in [-0.15, -0.1) is 0 Å². The number of aryl methyl sites for hydroxylation is 1. The Kier molecular flexibility index (Phi) is 4.28. The standard InChI is InChI=1S/C23H23N5O/c1-3-28-13-18(14-28)21-7-8-22(25-24-21)20-11-16(15-5-4-6-19(29)10-15)9-17-12-27(2)26-23(17)20/h4-12,18,29H,3,13-14H2,1-2H3. The maximum Gasteiger partial charge on any atom is 0.116 e. The third kappa shape index (κ3) is 3.25. The third-order valence-corrected chi connectivity index (χ3v) is 5.69. The summed E-state index contributed by atoms with van der Waals surface area (Å²) < 4.78 is 1.82. The molecule has 3 heterocycles. The van der Waals surface area contributed by atoms with Crippen LogP contribution in [0, 0.1) is 0 Å². The number of rotatable bonds is 4. The Balaban J connectivity index is 1.57. The number of aromatic nitrogens is 4. The van der Waals surface area contributed by atoms with E-state index in [2.05, 4.69) is 45.3 Å². The van der Waals surface area contributed by atoms with Crippen LogP contribution in [0.4, 0.5) is 0 Å². The molecule has 0 spiro atoms. The van der Waals surface area contributed by atoms with E-state index in [1.54, 1.807) is 12.1 Å². The SMILES string of the molecule is CCN1CC(c2ccc(-c3cc(-c4cccc(O)c4)cc4cn(C)nc34)nn2)C1. The van der Waals surface area contributed by atoms with Gasteiger partial charge < -0.3 is 10.0 Å². The molecule has 0 saturated carbocycles. The Hall–Kier alpha value is -3.25. The van der Waals surface area contributed by atoms with Crippen LogP contribution in [0.15, 0.2) is 54.7 Å². The van der Waals surface area contributed by atoms with Gasteiger partial charge in [0.05, 0.1) is 11.4 Å². The molecule has 1 saturated heterocycles. The van der Waals surface area contributed by atoms with E-state index in [1.807, 2.05) is 36.1 Å². The number of phenols is 1. The average molecular weight is 385 g/mol. The molecule has 0 radical (unpaired) electrons. The van der Waals surface area contributed by atoms with Crippen LogP contribution in [0.2, 0.25) is 0 Å². The van der Waals surface area contributed by atoms with E-state index in [0.29, 0.717) is 5.92 Å². The number of hydrogen-bond donors (Lipinski definition) is 1. The van der Waals surface area contributed by atoms with Crippen molar-refractivity contribution < 1.29 is 5.11 Å². The van der Waals surface area contributed by atoms with E-state index in [4.69, 9.17) is 0 Å². The van der Waals surface area contributed by atoms with Crippen molar-refractivity contribution in [3.05, 3.63) is 60.4 Å². The van der Waals surface area contributed by atoms with Crippen LogP contribution in [-0.4, -0.2) is 49.6 Å². The zero-order chi connectivity index (χ0) is 20.0. The van der Waals surface area contributed by atoms with Gasteiger partial charge in [-0.3, -0.25) is 4.68 Å². The number of nitrogens with zero attached hydrogens (tertiary/aromatic N) is 5. The molecule has 5 rings (SSSR count). The lowest BCUT2D eigenvalue weighted by atomic mass is 9.95. The summed E-state index contributed by atoms with van der Waals surface area (Å²) >= 11 is 0. The Bertz CT molecular complexity index is 1180. The van der Waals surface area contributed by atoms with E-state index in [9.17, 15) is 5.11 Å². The summed E-state index contributed by atoms with van der Waals surface area (Å²) in [7, 11) is 1.92. The van der Waals surface area contributed by atoms with Crippen molar-refractivity contribution in [1.29, 1.82) is 0 Å². The van der Waals surface area contributed by atoms with Crippen molar-refractivity contribution in [2.75, 3.05) is 19.6 Å². The van der Waals surface area contributed by atoms with E-state index in [-0.39, 0.29) is 5.75 Å². The number of likely N-dealkylation sites (tertiary alicyclic amines) is 1. The Morgan fingerprint density at radius 2 is 1.90 bits per heavy atom. The average Bonchev–Trinajstić information content (AvgIpc) is 3.07. The van der Waals surface area contributed by atoms with Crippen molar-refractivity contribution in [1.82, 2.24) is 24.9 Å². The molecule has 2 aromatic heterocycles. The summed E-state index contributed by atoms with van der Waals surface area (Å²) in [6.07, 6.45) is 2.00. The number of aromatic hydroxyl groups is 1. The van der Waals surface area contributed by atoms with Crippen LogP contribution in [0.3, 0.4) is 0 Å². The highest BCUT2D eigenvalue weighted by Gasteiger charge is 2.28. The molecule has 0 atom stereocenters. The van der Waals surface area contributed by atoms with Crippen LogP contribution in [0.1, 0.15) is 18.5 Å². The summed E-state index contributed by atoms with van der Waals surface area (Å²) in [6.45, 7) is 5.38. The van der Waals surface area contributed by atoms with E-state index < -0.39 is 0 Å². The summed E-state index contributed by atoms with van der Waals surface area (Å²) in [5, 5.41) is 24.6. The Morgan fingerprint density at radius 1 is 1.03 bits per heavy atom. The topological polar surface area (TPSA) is 67.1 Å². The molecule has 2 aromatic carbocycles. The summed E-state index contributed by atoms with van der Waals surface area (Å²) in [5.74, 6) is 0.728. The van der Waals surface area contributed by atoms with Gasteiger partial charge in [-0.2, -0.15) is 15.3 Å². The first-order valence-electron chi connectivity index (χ1n) is 9.94. The molecule has 0 amide bonds. The second-order valence-electron chi connectivity index (χ2n) is 7.71. The minimum Gasteiger partial charge on any atom is -0.508 e. The number of hydrogen-bond acceptors (Lipinski definition) is 5. The molecule has 4 aromatic rings. The third-order valence-electron chi connectivity index (χ3n) is 5.69. The van der Waals surface area contributed by atoms with E-state index in [1.165, 1.54) is 0 Å². The second kappa shape index (κ2) is 6.97. The minimum absolute atomic E-state index is 0.251. The predicted octanol–water partition coefficient (Wildman–Crippen LogP) is 3.82. The Labute approximate surface area is 169 Å². The molecule has 1 aliphatic heterocycles. The molecular weight excluding hydrogens is 362 g/mol. The maximum atomic E-state index is 9.88. The number of phenolic OH excluding ortho intramolecular Hbond substituents is 1. The molecule has 29 heavy (non-hydrogen) atoms. The van der Waals surface area contributed by atoms with E-state index >= 15 is 0 Å². The van der Waals surface area contributed by atoms with Crippen LogP contribution in [0.5, 0.6) is 5.75 Å². The monoisotopic (exact) mass is 385 g/mol. The van der Waals surface area contributed by atoms with Gasteiger partial charge in [0.1, 0.15) is 11.3 Å². The van der Waals surface area contributed by atoms with Crippen molar-refractivity contribution >= 4 is 10.9 Å². The fourth-order valence-electron chi connectivity index (χ4n) is 4.02. The fourth-order valence-corrected chi connectivity index (χ4v) is 4.02. The van der Waals surface area contributed by atoms with Gasteiger partial charge in [0, 0.05) is 43.2 Å². The predicted molar refractivity (Wildman–Crippen MR) is 114 cm³/mol. The highest BCUT2D eigenvalue weighted by atomic mass is 16.3. The van der Waals surface area contributed by atoms with E-state index in [0.717, 1.165) is 58.6 Å². The lowest BCUT2D eigenvalue weighted by molar-refractivity contribution is 0.154. The first kappa shape index (κ1) is 17.8. The van der Waals surface area contributed by atoms with Gasteiger partial charge in [-0.1, -0.05) is 19.1 Å². The Morgan fingerprint density at radius 3 is 2.62 bits per heavy atom. The highest BCUT2D eigenvalue weighted by molar-refractivity contribution is 5.96. The maximum absolute atomic E-state index is 9.88. The van der Waals surface area contributed by atoms with Crippen LogP contribution in [0.25, 0.3) is 33.3 Å². The largest absolute Gasteiger partial charge is 0.508 e. The second-order valence-corrected chi connectivity index (χ2v) is 7.71. The molecule has 0 unspecified atom stereocenters. The molecule has 0 aliphatic carbocycles. The molecule has 1 N–H and O–H groups in total. The van der Waals surface area contributed by atoms with Crippen molar-refractivity contribution in [2.24, 2.45) is 7.05 Å². The van der Waals surface area contributed by atoms with Crippen LogP contribution in [-0.2, 0) is 7.05 Å². The molecule has 6 heteroatoms. The molecule has 1 aliphatic rings. The normalized spacial score (nSPS) is 15.0. The number of benzene rings is 2. The molecule has 1 fully saturated rings. The fraction of sp³-hybridized carbons (Fsp3) is 0.261. The van der Waals surface area contributed by atoms with Gasteiger partial charge in [0.25, 0.3) is 0 Å². The number of fused-ring (bicyclic) bond motifs is 1. The van der Waals surface area contributed by atoms with Crippen molar-refractivity contribution in [3.63, 3.8) is 0 Å². The zero-order valence-corrected chi connectivity index (χ0v) is 16.6. The molecule has 146 valence electrons. The molecule has 6 nitrogen and oxygen atoms in total. The zero-order valence-electron chi connectivity index (χ0n) is 16.6. The lowest BCUT2D eigenvalue weighted by Gasteiger charge is -2.37. The van der Waals surface area contributed by atoms with Crippen LogP contribution >= 0.6 is 0 Å². The van der Waals surface area contributed by atoms with Gasteiger partial charge in [-0.25, -0.2) is 0 Å². The highest BCUT2D eigenvalue weighted by Crippen LogP contribution is 2.34. The van der Waals surface area contributed by atoms with Gasteiger partial charge in [0.2, 0.25) is 0 Å².